The fourth-order valence-electron chi connectivity index (χ4n) is 3.08. The van der Waals surface area contributed by atoms with Gasteiger partial charge in [-0.3, -0.25) is 4.79 Å². The molecular formula is C17H26N2O3. The fourth-order valence-corrected chi connectivity index (χ4v) is 3.08. The van der Waals surface area contributed by atoms with Crippen LogP contribution in [0.4, 0.5) is 0 Å². The van der Waals surface area contributed by atoms with E-state index in [2.05, 4.69) is 0 Å². The maximum Gasteiger partial charge on any atom is 0.225 e. The van der Waals surface area contributed by atoms with E-state index in [0.717, 1.165) is 30.4 Å². The Hall–Kier alpha value is -1.75. The quantitative estimate of drug-likeness (QED) is 0.905. The molecule has 5 heteroatoms. The van der Waals surface area contributed by atoms with Crippen LogP contribution in [0.25, 0.3) is 0 Å². The Kier molecular flexibility index (Phi) is 5.29. The summed E-state index contributed by atoms with van der Waals surface area (Å²) in [6.45, 7) is 2.58. The molecule has 0 heterocycles. The van der Waals surface area contributed by atoms with Crippen LogP contribution in [0.1, 0.15) is 30.4 Å². The van der Waals surface area contributed by atoms with Crippen LogP contribution in [0.5, 0.6) is 11.5 Å². The maximum atomic E-state index is 12.5. The molecule has 1 fully saturated rings. The van der Waals surface area contributed by atoms with Crippen molar-refractivity contribution in [3.05, 3.63) is 23.3 Å². The van der Waals surface area contributed by atoms with Gasteiger partial charge in [0.05, 0.1) is 14.2 Å². The monoisotopic (exact) mass is 306 g/mol. The molecule has 0 aromatic heterocycles. The second-order valence-corrected chi connectivity index (χ2v) is 6.10. The van der Waals surface area contributed by atoms with E-state index >= 15 is 0 Å². The van der Waals surface area contributed by atoms with Gasteiger partial charge in [-0.05, 0) is 49.4 Å². The summed E-state index contributed by atoms with van der Waals surface area (Å²) in [6.07, 6.45) is 2.64. The molecule has 5 nitrogen and oxygen atoms in total. The first-order valence-electron chi connectivity index (χ1n) is 7.68. The molecule has 0 unspecified atom stereocenters. The summed E-state index contributed by atoms with van der Waals surface area (Å²) in [7, 11) is 5.09. The van der Waals surface area contributed by atoms with E-state index in [1.54, 1.807) is 19.1 Å². The lowest BCUT2D eigenvalue weighted by Crippen LogP contribution is -2.32. The first-order chi connectivity index (χ1) is 10.5. The van der Waals surface area contributed by atoms with Gasteiger partial charge in [-0.1, -0.05) is 0 Å². The molecule has 0 spiro atoms. The molecule has 1 saturated carbocycles. The van der Waals surface area contributed by atoms with E-state index in [-0.39, 0.29) is 17.9 Å². The van der Waals surface area contributed by atoms with E-state index in [1.807, 2.05) is 26.1 Å². The summed E-state index contributed by atoms with van der Waals surface area (Å²) in [5.41, 5.74) is 8.06. The van der Waals surface area contributed by atoms with Crippen LogP contribution in [-0.2, 0) is 11.3 Å². The number of hydrogen-bond donors (Lipinski definition) is 1. The lowest BCUT2D eigenvalue weighted by Gasteiger charge is -2.23. The predicted octanol–water partition coefficient (Wildman–Crippen LogP) is 2.10. The second-order valence-electron chi connectivity index (χ2n) is 6.10. The standard InChI is InChI=1S/C17H26N2O3/c1-11-7-15(21-3)16(22-4)9-13(11)10-19(2)17(20)12-5-6-14(18)8-12/h7,9,12,14H,5-6,8,10,18H2,1-4H3/t12-,14+/m0/s1. The number of amides is 1. The number of hydrogen-bond acceptors (Lipinski definition) is 4. The van der Waals surface area contributed by atoms with Gasteiger partial charge in [-0.25, -0.2) is 0 Å². The van der Waals surface area contributed by atoms with Crippen molar-refractivity contribution in [1.82, 2.24) is 4.90 Å². The van der Waals surface area contributed by atoms with Crippen LogP contribution in [0, 0.1) is 12.8 Å². The van der Waals surface area contributed by atoms with E-state index < -0.39 is 0 Å². The molecule has 1 aromatic carbocycles. The van der Waals surface area contributed by atoms with Crippen LogP contribution in [0.3, 0.4) is 0 Å². The summed E-state index contributed by atoms with van der Waals surface area (Å²) in [5, 5.41) is 0. The number of nitrogens with two attached hydrogens (primary N) is 1. The van der Waals surface area contributed by atoms with E-state index in [0.29, 0.717) is 18.0 Å². The van der Waals surface area contributed by atoms with Crippen LogP contribution < -0.4 is 15.2 Å². The van der Waals surface area contributed by atoms with Gasteiger partial charge in [-0.2, -0.15) is 0 Å². The van der Waals surface area contributed by atoms with Gasteiger partial charge in [0.15, 0.2) is 11.5 Å². The molecular weight excluding hydrogens is 280 g/mol. The summed E-state index contributed by atoms with van der Waals surface area (Å²) in [4.78, 5) is 14.3. The minimum atomic E-state index is 0.0699. The normalized spacial score (nSPS) is 20.8. The Morgan fingerprint density at radius 2 is 1.91 bits per heavy atom. The predicted molar refractivity (Wildman–Crippen MR) is 86.1 cm³/mol. The lowest BCUT2D eigenvalue weighted by molar-refractivity contribution is -0.134. The van der Waals surface area contributed by atoms with Crippen LogP contribution in [0.15, 0.2) is 12.1 Å². The van der Waals surface area contributed by atoms with E-state index in [1.165, 1.54) is 0 Å². The van der Waals surface area contributed by atoms with Crippen molar-refractivity contribution in [3.8, 4) is 11.5 Å². The average molecular weight is 306 g/mol. The second kappa shape index (κ2) is 7.01. The van der Waals surface area contributed by atoms with Gasteiger partial charge >= 0.3 is 0 Å². The summed E-state index contributed by atoms with van der Waals surface area (Å²) in [6, 6.07) is 4.06. The van der Waals surface area contributed by atoms with Crippen LogP contribution >= 0.6 is 0 Å². The molecule has 2 atom stereocenters. The van der Waals surface area contributed by atoms with Crippen molar-refractivity contribution in [3.63, 3.8) is 0 Å². The van der Waals surface area contributed by atoms with Crippen LogP contribution in [0.2, 0.25) is 0 Å². The Balaban J connectivity index is 2.11. The summed E-state index contributed by atoms with van der Waals surface area (Å²) < 4.78 is 10.6. The molecule has 2 rings (SSSR count). The molecule has 2 N–H and O–H groups in total. The third kappa shape index (κ3) is 3.53. The minimum Gasteiger partial charge on any atom is -0.493 e. The van der Waals surface area contributed by atoms with Gasteiger partial charge in [-0.15, -0.1) is 0 Å². The van der Waals surface area contributed by atoms with Gasteiger partial charge in [0.1, 0.15) is 0 Å². The van der Waals surface area contributed by atoms with Gasteiger partial charge < -0.3 is 20.1 Å². The largest absolute Gasteiger partial charge is 0.493 e. The number of aryl methyl sites for hydroxylation is 1. The Morgan fingerprint density at radius 3 is 2.45 bits per heavy atom. The number of nitrogens with zero attached hydrogens (tertiary/aromatic N) is 1. The van der Waals surface area contributed by atoms with Crippen molar-refractivity contribution in [2.75, 3.05) is 21.3 Å². The lowest BCUT2D eigenvalue weighted by atomic mass is 10.0. The van der Waals surface area contributed by atoms with Crippen molar-refractivity contribution in [2.24, 2.45) is 11.7 Å². The Bertz CT molecular complexity index is 545. The van der Waals surface area contributed by atoms with Crippen molar-refractivity contribution in [1.29, 1.82) is 0 Å². The Morgan fingerprint density at radius 1 is 1.27 bits per heavy atom. The first-order valence-corrected chi connectivity index (χ1v) is 7.68. The zero-order valence-electron chi connectivity index (χ0n) is 13.9. The van der Waals surface area contributed by atoms with Crippen LogP contribution in [-0.4, -0.2) is 38.1 Å². The van der Waals surface area contributed by atoms with Crippen molar-refractivity contribution in [2.45, 2.75) is 38.8 Å². The number of rotatable bonds is 5. The average Bonchev–Trinajstić information content (AvgIpc) is 2.94. The number of ether oxygens (including phenoxy) is 2. The van der Waals surface area contributed by atoms with E-state index in [4.69, 9.17) is 15.2 Å². The highest BCUT2D eigenvalue weighted by molar-refractivity contribution is 5.79. The molecule has 122 valence electrons. The Labute approximate surface area is 132 Å². The van der Waals surface area contributed by atoms with Crippen molar-refractivity contribution >= 4 is 5.91 Å². The zero-order valence-corrected chi connectivity index (χ0v) is 13.9. The minimum absolute atomic E-state index is 0.0699. The smallest absolute Gasteiger partial charge is 0.225 e. The summed E-state index contributed by atoms with van der Waals surface area (Å²) in [5.74, 6) is 1.65. The molecule has 0 bridgehead atoms. The molecule has 22 heavy (non-hydrogen) atoms. The number of carbonyl (C=O) groups is 1. The summed E-state index contributed by atoms with van der Waals surface area (Å²) >= 11 is 0. The molecule has 1 aromatic rings. The van der Waals surface area contributed by atoms with Gasteiger partial charge in [0, 0.05) is 25.6 Å². The van der Waals surface area contributed by atoms with Crippen molar-refractivity contribution < 1.29 is 14.3 Å². The third-order valence-electron chi connectivity index (χ3n) is 4.45. The highest BCUT2D eigenvalue weighted by atomic mass is 16.5. The maximum absolute atomic E-state index is 12.5. The van der Waals surface area contributed by atoms with E-state index in [9.17, 15) is 4.79 Å². The molecule has 0 radical (unpaired) electrons. The zero-order chi connectivity index (χ0) is 16.3. The number of methoxy groups -OCH3 is 2. The highest BCUT2D eigenvalue weighted by Crippen LogP contribution is 2.31. The molecule has 0 aliphatic heterocycles. The topological polar surface area (TPSA) is 64.8 Å². The third-order valence-corrected chi connectivity index (χ3v) is 4.45. The SMILES string of the molecule is COc1cc(C)c(CN(C)C(=O)[C@H]2CC[C@@H](N)C2)cc1OC. The first kappa shape index (κ1) is 16.6. The molecule has 1 amide bonds. The highest BCUT2D eigenvalue weighted by Gasteiger charge is 2.29. The molecule has 0 saturated heterocycles. The van der Waals surface area contributed by atoms with Gasteiger partial charge in [0.2, 0.25) is 5.91 Å². The van der Waals surface area contributed by atoms with Gasteiger partial charge in [0.25, 0.3) is 0 Å². The molecule has 1 aliphatic rings. The fraction of sp³-hybridized carbons (Fsp3) is 0.588. The number of carbonyl (C=O) groups excluding carboxylic acids is 1. The number of benzene rings is 1. The molecule has 1 aliphatic carbocycles.